The van der Waals surface area contributed by atoms with E-state index >= 15 is 0 Å². The zero-order chi connectivity index (χ0) is 18.6. The van der Waals surface area contributed by atoms with E-state index in [1.807, 2.05) is 38.1 Å². The van der Waals surface area contributed by atoms with Crippen molar-refractivity contribution >= 4 is 23.0 Å². The average Bonchev–Trinajstić information content (AvgIpc) is 2.59. The molecule has 0 radical (unpaired) electrons. The second-order valence-corrected chi connectivity index (χ2v) is 5.87. The lowest BCUT2D eigenvalue weighted by molar-refractivity contribution is -0.384. The minimum Gasteiger partial charge on any atom is -0.377 e. The van der Waals surface area contributed by atoms with Gasteiger partial charge in [0.05, 0.1) is 16.2 Å². The van der Waals surface area contributed by atoms with Gasteiger partial charge in [0.15, 0.2) is 0 Å². The van der Waals surface area contributed by atoms with Gasteiger partial charge in [-0.1, -0.05) is 17.7 Å². The van der Waals surface area contributed by atoms with Crippen molar-refractivity contribution in [3.8, 4) is 0 Å². The third-order valence-corrected chi connectivity index (χ3v) is 3.82. The maximum atomic E-state index is 12.8. The Balaban J connectivity index is 2.33. The minimum atomic E-state index is -0.506. The third-order valence-electron chi connectivity index (χ3n) is 3.82. The van der Waals surface area contributed by atoms with Crippen LogP contribution in [-0.2, 0) is 0 Å². The summed E-state index contributed by atoms with van der Waals surface area (Å²) >= 11 is 0. The molecule has 7 heteroatoms. The van der Waals surface area contributed by atoms with Crippen molar-refractivity contribution in [2.24, 2.45) is 0 Å². The summed E-state index contributed by atoms with van der Waals surface area (Å²) in [4.78, 5) is 25.0. The molecule has 132 valence electrons. The topological polar surface area (TPSA) is 78.7 Å². The predicted molar refractivity (Wildman–Crippen MR) is 99.1 cm³/mol. The number of hydrogen-bond donors (Lipinski definition) is 1. The number of carbonyl (C=O) groups is 1. The highest BCUT2D eigenvalue weighted by Crippen LogP contribution is 2.24. The van der Waals surface area contributed by atoms with E-state index in [0.717, 1.165) is 11.3 Å². The van der Waals surface area contributed by atoms with Gasteiger partial charge in [-0.25, -0.2) is 0 Å². The number of amides is 1. The first-order chi connectivity index (χ1) is 11.8. The van der Waals surface area contributed by atoms with Crippen molar-refractivity contribution < 1.29 is 9.72 Å². The monoisotopic (exact) mass is 342 g/mol. The molecule has 0 aliphatic heterocycles. The van der Waals surface area contributed by atoms with Crippen LogP contribution in [0.15, 0.2) is 42.5 Å². The molecule has 0 atom stereocenters. The second kappa shape index (κ2) is 7.65. The van der Waals surface area contributed by atoms with Crippen LogP contribution in [0.4, 0.5) is 17.1 Å². The molecular weight excluding hydrogens is 320 g/mol. The van der Waals surface area contributed by atoms with E-state index in [0.29, 0.717) is 12.2 Å². The van der Waals surface area contributed by atoms with Gasteiger partial charge >= 0.3 is 0 Å². The van der Waals surface area contributed by atoms with E-state index in [1.165, 1.54) is 12.1 Å². The first-order valence-electron chi connectivity index (χ1n) is 7.94. The van der Waals surface area contributed by atoms with Crippen LogP contribution in [0.3, 0.4) is 0 Å². The van der Waals surface area contributed by atoms with Crippen LogP contribution in [0.2, 0.25) is 0 Å². The summed E-state index contributed by atoms with van der Waals surface area (Å²) in [5.74, 6) is -0.394. The van der Waals surface area contributed by atoms with Crippen LogP contribution in [0.1, 0.15) is 22.8 Å². The number of nitro benzene ring substituents is 1. The molecule has 25 heavy (non-hydrogen) atoms. The molecule has 0 heterocycles. The van der Waals surface area contributed by atoms with E-state index in [-0.39, 0.29) is 11.3 Å². The Morgan fingerprint density at radius 1 is 1.16 bits per heavy atom. The number of rotatable bonds is 6. The summed E-state index contributed by atoms with van der Waals surface area (Å²) in [6.45, 7) is 4.46. The highest BCUT2D eigenvalue weighted by molar-refractivity contribution is 6.01. The maximum Gasteiger partial charge on any atom is 0.272 e. The molecule has 0 aromatic heterocycles. The van der Waals surface area contributed by atoms with E-state index in [2.05, 4.69) is 5.43 Å². The molecule has 2 rings (SSSR count). The molecule has 1 amide bonds. The molecule has 2 aromatic rings. The van der Waals surface area contributed by atoms with Gasteiger partial charge in [0.1, 0.15) is 0 Å². The van der Waals surface area contributed by atoms with Gasteiger partial charge in [0.2, 0.25) is 0 Å². The van der Waals surface area contributed by atoms with Crippen molar-refractivity contribution in [1.29, 1.82) is 0 Å². The number of hydrogen-bond acceptors (Lipinski definition) is 5. The molecule has 0 saturated heterocycles. The Morgan fingerprint density at radius 2 is 1.80 bits per heavy atom. The van der Waals surface area contributed by atoms with Crippen LogP contribution in [0.25, 0.3) is 0 Å². The smallest absolute Gasteiger partial charge is 0.272 e. The quantitative estimate of drug-likeness (QED) is 0.644. The SMILES string of the molecule is CCN(NC(=O)c1cc([N+](=O)[O-])ccc1N(C)C)c1ccc(C)cc1. The second-order valence-electron chi connectivity index (χ2n) is 5.87. The summed E-state index contributed by atoms with van der Waals surface area (Å²) in [5, 5.41) is 12.7. The normalized spacial score (nSPS) is 10.2. The Kier molecular flexibility index (Phi) is 5.59. The molecule has 0 spiro atoms. The van der Waals surface area contributed by atoms with Gasteiger partial charge in [-0.05, 0) is 32.0 Å². The highest BCUT2D eigenvalue weighted by Gasteiger charge is 2.19. The fourth-order valence-electron chi connectivity index (χ4n) is 2.44. The number of benzene rings is 2. The number of carbonyl (C=O) groups excluding carboxylic acids is 1. The summed E-state index contributed by atoms with van der Waals surface area (Å²) in [6.07, 6.45) is 0. The number of anilines is 2. The van der Waals surface area contributed by atoms with Crippen LogP contribution < -0.4 is 15.3 Å². The van der Waals surface area contributed by atoms with Gasteiger partial charge in [0, 0.05) is 38.5 Å². The summed E-state index contributed by atoms with van der Waals surface area (Å²) < 4.78 is 0. The lowest BCUT2D eigenvalue weighted by atomic mass is 10.1. The maximum absolute atomic E-state index is 12.8. The lowest BCUT2D eigenvalue weighted by Gasteiger charge is -2.25. The molecule has 1 N–H and O–H groups in total. The van der Waals surface area contributed by atoms with E-state index in [1.54, 1.807) is 30.1 Å². The van der Waals surface area contributed by atoms with E-state index in [9.17, 15) is 14.9 Å². The molecule has 2 aromatic carbocycles. The van der Waals surface area contributed by atoms with E-state index in [4.69, 9.17) is 0 Å². The highest BCUT2D eigenvalue weighted by atomic mass is 16.6. The summed E-state index contributed by atoms with van der Waals surface area (Å²) in [5.41, 5.74) is 5.55. The number of nitrogens with one attached hydrogen (secondary N) is 1. The molecule has 7 nitrogen and oxygen atoms in total. The molecule has 0 bridgehead atoms. The van der Waals surface area contributed by atoms with Crippen LogP contribution in [0.5, 0.6) is 0 Å². The Bertz CT molecular complexity index is 772. The predicted octanol–water partition coefficient (Wildman–Crippen LogP) is 3.14. The average molecular weight is 342 g/mol. The summed E-state index contributed by atoms with van der Waals surface area (Å²) in [7, 11) is 3.57. The van der Waals surface area contributed by atoms with Gasteiger partial charge in [0.25, 0.3) is 11.6 Å². The Labute approximate surface area is 147 Å². The first-order valence-corrected chi connectivity index (χ1v) is 7.94. The molecular formula is C18H22N4O3. The van der Waals surface area contributed by atoms with Crippen molar-refractivity contribution in [2.45, 2.75) is 13.8 Å². The largest absolute Gasteiger partial charge is 0.377 e. The van der Waals surface area contributed by atoms with Gasteiger partial charge in [-0.15, -0.1) is 0 Å². The van der Waals surface area contributed by atoms with Gasteiger partial charge in [-0.3, -0.25) is 25.3 Å². The Hall–Kier alpha value is -3.09. The third kappa shape index (κ3) is 4.26. The lowest BCUT2D eigenvalue weighted by Crippen LogP contribution is -2.42. The van der Waals surface area contributed by atoms with Crippen LogP contribution in [-0.4, -0.2) is 31.5 Å². The van der Waals surface area contributed by atoms with E-state index < -0.39 is 10.8 Å². The van der Waals surface area contributed by atoms with Gasteiger partial charge in [-0.2, -0.15) is 0 Å². The standard InChI is InChI=1S/C18H22N4O3/c1-5-21(14-8-6-13(2)7-9-14)19-18(23)16-12-15(22(24)25)10-11-17(16)20(3)4/h6-12H,5H2,1-4H3,(H,19,23). The molecule has 0 aliphatic rings. The fraction of sp³-hybridized carbons (Fsp3) is 0.278. The minimum absolute atomic E-state index is 0.117. The van der Waals surface area contributed by atoms with Crippen LogP contribution in [0, 0.1) is 17.0 Å². The van der Waals surface area contributed by atoms with Crippen molar-refractivity contribution in [1.82, 2.24) is 5.43 Å². The number of aryl methyl sites for hydroxylation is 1. The molecule has 0 saturated carbocycles. The zero-order valence-electron chi connectivity index (χ0n) is 14.8. The zero-order valence-corrected chi connectivity index (χ0v) is 14.8. The fourth-order valence-corrected chi connectivity index (χ4v) is 2.44. The van der Waals surface area contributed by atoms with Crippen molar-refractivity contribution in [3.05, 3.63) is 63.7 Å². The summed E-state index contributed by atoms with van der Waals surface area (Å²) in [6, 6.07) is 12.0. The Morgan fingerprint density at radius 3 is 2.32 bits per heavy atom. The number of nitrogens with zero attached hydrogens (tertiary/aromatic N) is 3. The van der Waals surface area contributed by atoms with Crippen molar-refractivity contribution in [3.63, 3.8) is 0 Å². The van der Waals surface area contributed by atoms with Crippen molar-refractivity contribution in [2.75, 3.05) is 30.5 Å². The molecule has 0 unspecified atom stereocenters. The molecule has 0 aliphatic carbocycles. The van der Waals surface area contributed by atoms with Crippen LogP contribution >= 0.6 is 0 Å². The number of nitro groups is 1. The molecule has 0 fully saturated rings. The number of non-ortho nitro benzene ring substituents is 1. The first kappa shape index (κ1) is 18.3. The van der Waals surface area contributed by atoms with Gasteiger partial charge < -0.3 is 4.90 Å². The number of hydrazine groups is 1.